The number of nitrogens with zero attached hydrogens (tertiary/aromatic N) is 3. The molecule has 3 heterocycles. The van der Waals surface area contributed by atoms with Crippen LogP contribution in [0.3, 0.4) is 0 Å². The summed E-state index contributed by atoms with van der Waals surface area (Å²) in [4.78, 5) is 44.8. The lowest BCUT2D eigenvalue weighted by Crippen LogP contribution is -2.57. The highest BCUT2D eigenvalue weighted by Crippen LogP contribution is 2.46. The SMILES string of the molecule is COc1ccc2c(OCC[C@@H]3NC(=O)CCCCCC=C[C@@H]4C[C@@]4(C(=O)NS(=O)(=O)C4CC4)NC3=O)cc(-n3ccc(C(C)C)n3)nc2c1F. The molecular weight excluding hydrogens is 667 g/mol. The Kier molecular flexibility index (Phi) is 10.1. The molecule has 1 aromatic carbocycles. The third-order valence-electron chi connectivity index (χ3n) is 9.41. The molecule has 3 aromatic rings. The number of hydrogen-bond acceptors (Lipinski definition) is 9. The number of nitrogens with one attached hydrogen (secondary N) is 3. The Morgan fingerprint density at radius 2 is 1.96 bits per heavy atom. The number of carbonyl (C=O) groups excluding carboxylic acids is 3. The highest BCUT2D eigenvalue weighted by molar-refractivity contribution is 7.91. The van der Waals surface area contributed by atoms with E-state index < -0.39 is 50.4 Å². The first-order chi connectivity index (χ1) is 23.9. The lowest BCUT2D eigenvalue weighted by Gasteiger charge is -2.24. The number of hydrogen-bond donors (Lipinski definition) is 3. The molecule has 0 unspecified atom stereocenters. The third-order valence-corrected chi connectivity index (χ3v) is 11.2. The maximum atomic E-state index is 15.5. The smallest absolute Gasteiger partial charge is 0.259 e. The summed E-state index contributed by atoms with van der Waals surface area (Å²) in [6.07, 6.45) is 9.96. The Bertz CT molecular complexity index is 1930. The van der Waals surface area contributed by atoms with Crippen molar-refractivity contribution >= 4 is 38.6 Å². The van der Waals surface area contributed by atoms with Gasteiger partial charge in [-0.3, -0.25) is 19.1 Å². The number of pyridine rings is 1. The molecule has 0 spiro atoms. The Morgan fingerprint density at radius 1 is 1.16 bits per heavy atom. The van der Waals surface area contributed by atoms with Gasteiger partial charge in [0.1, 0.15) is 22.8 Å². The van der Waals surface area contributed by atoms with Gasteiger partial charge in [-0.25, -0.2) is 22.5 Å². The van der Waals surface area contributed by atoms with Crippen LogP contribution in [-0.2, 0) is 24.4 Å². The monoisotopic (exact) mass is 710 g/mol. The number of carbonyl (C=O) groups is 3. The van der Waals surface area contributed by atoms with Gasteiger partial charge in [0.25, 0.3) is 5.91 Å². The van der Waals surface area contributed by atoms with Crippen molar-refractivity contribution in [3.63, 3.8) is 0 Å². The van der Waals surface area contributed by atoms with Gasteiger partial charge in [-0.2, -0.15) is 5.10 Å². The number of rotatable bonds is 10. The number of sulfonamides is 1. The van der Waals surface area contributed by atoms with Gasteiger partial charge in [0.05, 0.1) is 24.7 Å². The predicted octanol–water partition coefficient (Wildman–Crippen LogP) is 3.95. The maximum absolute atomic E-state index is 15.5. The molecule has 50 heavy (non-hydrogen) atoms. The summed E-state index contributed by atoms with van der Waals surface area (Å²) in [6, 6.07) is 5.46. The summed E-state index contributed by atoms with van der Waals surface area (Å²) in [6.45, 7) is 3.92. The zero-order chi connectivity index (χ0) is 35.6. The normalized spacial score (nSPS) is 23.1. The lowest BCUT2D eigenvalue weighted by atomic mass is 10.1. The molecule has 2 fully saturated rings. The van der Waals surface area contributed by atoms with Crippen molar-refractivity contribution in [1.29, 1.82) is 0 Å². The van der Waals surface area contributed by atoms with Crippen LogP contribution in [0.2, 0.25) is 0 Å². The summed E-state index contributed by atoms with van der Waals surface area (Å²) < 4.78 is 55.9. The first-order valence-electron chi connectivity index (χ1n) is 17.1. The van der Waals surface area contributed by atoms with E-state index in [0.717, 1.165) is 25.0 Å². The molecule has 2 aromatic heterocycles. The van der Waals surface area contributed by atoms with Gasteiger partial charge in [-0.1, -0.05) is 32.4 Å². The highest BCUT2D eigenvalue weighted by atomic mass is 32.2. The zero-order valence-corrected chi connectivity index (χ0v) is 29.2. The second-order valence-corrected chi connectivity index (χ2v) is 15.5. The fourth-order valence-corrected chi connectivity index (χ4v) is 7.51. The number of allylic oxidation sites excluding steroid dienone is 1. The standard InChI is InChI=1S/C35H43FN6O7S/c1-21(2)25-15-17-42(40-25)29-19-28(24-13-14-27(48-3)31(36)32(24)38-29)49-18-16-26-33(44)39-35(34(45)41-50(46,47)23-11-12-23)20-22(35)9-7-5-4-6-8-10-30(43)37-26/h7,9,13-15,17,19,21-23,26H,4-6,8,10-12,16,18,20H2,1-3H3,(H,37,43)(H,39,44)(H,41,45)/t22-,26+,35-/m1/s1. The molecule has 3 amide bonds. The number of halogens is 1. The van der Waals surface area contributed by atoms with Crippen molar-refractivity contribution in [2.75, 3.05) is 13.7 Å². The summed E-state index contributed by atoms with van der Waals surface area (Å²) in [5.41, 5.74) is -0.639. The predicted molar refractivity (Wildman–Crippen MR) is 183 cm³/mol. The average Bonchev–Trinajstić information content (AvgIpc) is 4.00. The maximum Gasteiger partial charge on any atom is 0.259 e. The minimum Gasteiger partial charge on any atom is -0.494 e. The van der Waals surface area contributed by atoms with E-state index in [9.17, 15) is 22.8 Å². The van der Waals surface area contributed by atoms with Crippen LogP contribution in [0.5, 0.6) is 11.5 Å². The van der Waals surface area contributed by atoms with Crippen molar-refractivity contribution in [3.05, 3.63) is 54.1 Å². The van der Waals surface area contributed by atoms with Crippen LogP contribution in [0, 0.1) is 11.7 Å². The first kappa shape index (κ1) is 35.3. The number of amides is 3. The van der Waals surface area contributed by atoms with E-state index in [1.165, 1.54) is 17.9 Å². The molecular formula is C35H43FN6O7S. The van der Waals surface area contributed by atoms with E-state index in [1.54, 1.807) is 18.3 Å². The Morgan fingerprint density at radius 3 is 2.68 bits per heavy atom. The second kappa shape index (κ2) is 14.4. The van der Waals surface area contributed by atoms with Gasteiger partial charge in [0, 0.05) is 36.4 Å². The molecule has 3 N–H and O–H groups in total. The molecule has 3 atom stereocenters. The largest absolute Gasteiger partial charge is 0.494 e. The number of methoxy groups -OCH3 is 1. The molecule has 268 valence electrons. The van der Waals surface area contributed by atoms with E-state index in [0.29, 0.717) is 30.5 Å². The van der Waals surface area contributed by atoms with E-state index in [4.69, 9.17) is 9.47 Å². The van der Waals surface area contributed by atoms with E-state index in [2.05, 4.69) is 25.4 Å². The van der Waals surface area contributed by atoms with Crippen LogP contribution in [0.4, 0.5) is 4.39 Å². The van der Waals surface area contributed by atoms with Gasteiger partial charge < -0.3 is 20.1 Å². The summed E-state index contributed by atoms with van der Waals surface area (Å²) in [5, 5.41) is 9.90. The van der Waals surface area contributed by atoms with Crippen LogP contribution < -0.4 is 24.8 Å². The number of benzene rings is 1. The lowest BCUT2D eigenvalue weighted by molar-refractivity contribution is -0.132. The molecule has 13 nitrogen and oxygen atoms in total. The number of fused-ring (bicyclic) bond motifs is 2. The van der Waals surface area contributed by atoms with Crippen LogP contribution >= 0.6 is 0 Å². The van der Waals surface area contributed by atoms with Gasteiger partial charge >= 0.3 is 0 Å². The third kappa shape index (κ3) is 7.62. The van der Waals surface area contributed by atoms with Crippen LogP contribution in [0.15, 0.2) is 42.6 Å². The van der Waals surface area contributed by atoms with Crippen LogP contribution in [0.25, 0.3) is 16.7 Å². The van der Waals surface area contributed by atoms with Crippen molar-refractivity contribution in [1.82, 2.24) is 30.1 Å². The van der Waals surface area contributed by atoms with Crippen LogP contribution in [0.1, 0.15) is 83.2 Å². The van der Waals surface area contributed by atoms with E-state index >= 15 is 4.39 Å². The Hall–Kier alpha value is -4.53. The highest BCUT2D eigenvalue weighted by Gasteiger charge is 2.61. The summed E-state index contributed by atoms with van der Waals surface area (Å²) in [5.74, 6) is -2.09. The van der Waals surface area contributed by atoms with Crippen molar-refractivity contribution in [2.45, 2.75) is 94.4 Å². The van der Waals surface area contributed by atoms with Gasteiger partial charge in [0.15, 0.2) is 17.4 Å². The summed E-state index contributed by atoms with van der Waals surface area (Å²) in [7, 11) is -2.50. The average molecular weight is 711 g/mol. The Balaban J connectivity index is 1.25. The molecule has 1 aliphatic heterocycles. The fourth-order valence-electron chi connectivity index (χ4n) is 6.14. The summed E-state index contributed by atoms with van der Waals surface area (Å²) >= 11 is 0. The number of aromatic nitrogens is 3. The molecule has 6 rings (SSSR count). The molecule has 3 aliphatic rings. The van der Waals surface area contributed by atoms with Crippen molar-refractivity contribution in [3.8, 4) is 17.3 Å². The molecule has 2 aliphatic carbocycles. The topological polar surface area (TPSA) is 171 Å². The zero-order valence-electron chi connectivity index (χ0n) is 28.4. The Labute approximate surface area is 290 Å². The van der Waals surface area contributed by atoms with E-state index in [1.807, 2.05) is 32.1 Å². The quantitative estimate of drug-likeness (QED) is 0.264. The molecule has 0 bridgehead atoms. The van der Waals surface area contributed by atoms with Crippen molar-refractivity contribution in [2.24, 2.45) is 5.92 Å². The minimum absolute atomic E-state index is 0.00409. The fraction of sp³-hybridized carbons (Fsp3) is 0.514. The van der Waals surface area contributed by atoms with Gasteiger partial charge in [0.2, 0.25) is 21.8 Å². The van der Waals surface area contributed by atoms with Crippen LogP contribution in [-0.4, -0.2) is 71.5 Å². The minimum atomic E-state index is -3.86. The first-order valence-corrected chi connectivity index (χ1v) is 18.7. The van der Waals surface area contributed by atoms with E-state index in [-0.39, 0.29) is 54.7 Å². The second-order valence-electron chi connectivity index (χ2n) is 13.5. The molecule has 0 saturated heterocycles. The molecule has 0 radical (unpaired) electrons. The van der Waals surface area contributed by atoms with Crippen molar-refractivity contribution < 1.29 is 36.7 Å². The van der Waals surface area contributed by atoms with Gasteiger partial charge in [-0.15, -0.1) is 0 Å². The molecule has 15 heteroatoms. The molecule has 2 saturated carbocycles. The van der Waals surface area contributed by atoms with Gasteiger partial charge in [-0.05, 0) is 62.6 Å². The number of ether oxygens (including phenoxy) is 2.